The average molecular weight is 807 g/mol. The molecule has 0 saturated heterocycles. The maximum atomic E-state index is 12.3. The van der Waals surface area contributed by atoms with Gasteiger partial charge in [0.1, 0.15) is 0 Å². The summed E-state index contributed by atoms with van der Waals surface area (Å²) in [5.41, 5.74) is -5.83. The van der Waals surface area contributed by atoms with Crippen LogP contribution in [-0.4, -0.2) is 88.6 Å². The molecule has 8 N–H and O–H groups in total. The van der Waals surface area contributed by atoms with Crippen LogP contribution in [0.25, 0.3) is 75.4 Å². The van der Waals surface area contributed by atoms with E-state index in [-0.39, 0.29) is 32.3 Å². The molecule has 294 valence electrons. The van der Waals surface area contributed by atoms with Gasteiger partial charge in [0.2, 0.25) is 0 Å². The Morgan fingerprint density at radius 3 is 1.20 bits per heavy atom. The molecular formula is C44H22O16. The van der Waals surface area contributed by atoms with Gasteiger partial charge in [-0.25, -0.2) is 38.4 Å². The first-order valence-corrected chi connectivity index (χ1v) is 17.3. The summed E-state index contributed by atoms with van der Waals surface area (Å²) < 4.78 is 0. The third kappa shape index (κ3) is 5.24. The first-order valence-electron chi connectivity index (χ1n) is 17.3. The highest BCUT2D eigenvalue weighted by Gasteiger charge is 2.35. The van der Waals surface area contributed by atoms with E-state index < -0.39 is 92.3 Å². The van der Waals surface area contributed by atoms with Crippen LogP contribution in [0.4, 0.5) is 0 Å². The van der Waals surface area contributed by atoms with Gasteiger partial charge in [0.25, 0.3) is 0 Å². The molecule has 0 aliphatic rings. The van der Waals surface area contributed by atoms with Crippen molar-refractivity contribution in [2.24, 2.45) is 0 Å². The quantitative estimate of drug-likeness (QED) is 0.0534. The number of hydrogen-bond acceptors (Lipinski definition) is 8. The lowest BCUT2D eigenvalue weighted by atomic mass is 9.81. The van der Waals surface area contributed by atoms with Crippen LogP contribution in [0.2, 0.25) is 0 Å². The van der Waals surface area contributed by atoms with Crippen LogP contribution in [-0.2, 0) is 0 Å². The van der Waals surface area contributed by atoms with Crippen LogP contribution in [0, 0.1) is 0 Å². The molecule has 0 bridgehead atoms. The van der Waals surface area contributed by atoms with E-state index in [1.165, 1.54) is 24.3 Å². The fraction of sp³-hybridized carbons (Fsp3) is 0. The van der Waals surface area contributed by atoms with Crippen molar-refractivity contribution in [2.45, 2.75) is 0 Å². The Labute approximate surface area is 331 Å². The van der Waals surface area contributed by atoms with Gasteiger partial charge in [0.05, 0.1) is 44.5 Å². The third-order valence-electron chi connectivity index (χ3n) is 10.6. The van der Waals surface area contributed by atoms with E-state index in [0.29, 0.717) is 37.7 Å². The van der Waals surface area contributed by atoms with Crippen LogP contribution in [0.3, 0.4) is 0 Å². The number of carboxylic acids is 8. The Morgan fingerprint density at radius 2 is 0.667 bits per heavy atom. The molecule has 0 heterocycles. The van der Waals surface area contributed by atoms with E-state index in [1.807, 2.05) is 12.1 Å². The summed E-state index contributed by atoms with van der Waals surface area (Å²) >= 11 is 0. The average Bonchev–Trinajstić information content (AvgIpc) is 3.19. The van der Waals surface area contributed by atoms with Crippen molar-refractivity contribution in [1.29, 1.82) is 0 Å². The number of carbonyl (C=O) groups is 8. The minimum Gasteiger partial charge on any atom is -0.478 e. The second-order valence-corrected chi connectivity index (χ2v) is 13.6. The van der Waals surface area contributed by atoms with Gasteiger partial charge in [-0.2, -0.15) is 0 Å². The van der Waals surface area contributed by atoms with Crippen molar-refractivity contribution in [3.05, 3.63) is 129 Å². The molecule has 0 radical (unpaired) electrons. The first kappa shape index (κ1) is 38.0. The Kier molecular flexibility index (Phi) is 8.45. The van der Waals surface area contributed by atoms with Crippen LogP contribution in [0.15, 0.2) is 84.9 Å². The molecule has 0 aliphatic carbocycles. The molecule has 9 aromatic rings. The van der Waals surface area contributed by atoms with E-state index in [9.17, 15) is 79.2 Å². The monoisotopic (exact) mass is 806 g/mol. The topological polar surface area (TPSA) is 298 Å². The van der Waals surface area contributed by atoms with Crippen LogP contribution < -0.4 is 0 Å². The van der Waals surface area contributed by atoms with Crippen LogP contribution >= 0.6 is 0 Å². The molecule has 0 aromatic heterocycles. The molecule has 0 amide bonds. The highest BCUT2D eigenvalue weighted by molar-refractivity contribution is 6.40. The highest BCUT2D eigenvalue weighted by Crippen LogP contribution is 2.46. The van der Waals surface area contributed by atoms with E-state index in [2.05, 4.69) is 0 Å². The van der Waals surface area contributed by atoms with Crippen molar-refractivity contribution in [1.82, 2.24) is 0 Å². The van der Waals surface area contributed by atoms with Gasteiger partial charge < -0.3 is 40.9 Å². The predicted molar refractivity (Wildman–Crippen MR) is 213 cm³/mol. The maximum Gasteiger partial charge on any atom is 0.337 e. The lowest BCUT2D eigenvalue weighted by Gasteiger charge is -2.20. The summed E-state index contributed by atoms with van der Waals surface area (Å²) in [5, 5.41) is 82.2. The second kappa shape index (κ2) is 13.3. The zero-order valence-corrected chi connectivity index (χ0v) is 29.9. The molecule has 9 aromatic carbocycles. The van der Waals surface area contributed by atoms with E-state index in [4.69, 9.17) is 0 Å². The fourth-order valence-corrected chi connectivity index (χ4v) is 8.53. The zero-order chi connectivity index (χ0) is 43.2. The van der Waals surface area contributed by atoms with Crippen molar-refractivity contribution in [3.8, 4) is 0 Å². The minimum absolute atomic E-state index is 0.00250. The zero-order valence-electron chi connectivity index (χ0n) is 29.9. The van der Waals surface area contributed by atoms with Crippen molar-refractivity contribution in [2.75, 3.05) is 0 Å². The first-order chi connectivity index (χ1) is 28.5. The molecule has 0 saturated carbocycles. The van der Waals surface area contributed by atoms with E-state index in [0.717, 1.165) is 5.39 Å². The summed E-state index contributed by atoms with van der Waals surface area (Å²) in [7, 11) is 0. The molecule has 60 heavy (non-hydrogen) atoms. The van der Waals surface area contributed by atoms with Gasteiger partial charge in [0, 0.05) is 21.5 Å². The van der Waals surface area contributed by atoms with Gasteiger partial charge in [-0.05, 0) is 66.0 Å². The molecule has 0 unspecified atom stereocenters. The molecule has 9 rings (SSSR count). The summed E-state index contributed by atoms with van der Waals surface area (Å²) in [5.74, 6) is -13.1. The second-order valence-electron chi connectivity index (χ2n) is 13.6. The van der Waals surface area contributed by atoms with Crippen molar-refractivity contribution in [3.63, 3.8) is 0 Å². The van der Waals surface area contributed by atoms with Gasteiger partial charge in [0.15, 0.2) is 0 Å². The SMILES string of the molecule is O=C(O)c1c(C(=O)O)c2c(C(=O)O)ccc3c4cccc5cccc(c(c1C(=O)O)c23)c54.O=C(O)c1c(C(=O)O)c2ccc3cccc4cc(C(=O)O)c(c1C(=O)O)c2c34. The standard InChI is InChI=1S/C24H12O8.C20H10O8/c25-21(26)13-8-7-11-10-5-1-3-9-4-2-6-12(14(9)10)16-15(11)17(13)19(23(29)30)20(24(31)32)18(16)22(27)28;21-17(22)10-6-8-3-1-2-7-4-5-9-12(11(7)8)13(10)15(19(25)26)16(20(27)28)14(9)18(23)24/h1-8H,(H,25,26)(H,27,28)(H,29,30)(H,31,32);1-6H,(H,21,22)(H,23,24)(H,25,26)(H,27,28). The third-order valence-corrected chi connectivity index (χ3v) is 10.6. The largest absolute Gasteiger partial charge is 0.478 e. The summed E-state index contributed by atoms with van der Waals surface area (Å²) in [6.45, 7) is 0. The van der Waals surface area contributed by atoms with E-state index >= 15 is 0 Å². The maximum absolute atomic E-state index is 12.3. The Balaban J connectivity index is 0.000000168. The van der Waals surface area contributed by atoms with Gasteiger partial charge in [-0.1, -0.05) is 72.8 Å². The smallest absolute Gasteiger partial charge is 0.337 e. The van der Waals surface area contributed by atoms with Crippen LogP contribution in [0.5, 0.6) is 0 Å². The van der Waals surface area contributed by atoms with Gasteiger partial charge in [-0.15, -0.1) is 0 Å². The highest BCUT2D eigenvalue weighted by atomic mass is 16.4. The Hall–Kier alpha value is -8.92. The summed E-state index contributed by atoms with van der Waals surface area (Å²) in [6.07, 6.45) is 0. The lowest BCUT2D eigenvalue weighted by molar-refractivity contribution is 0.0634. The number of aromatic carboxylic acids is 8. The van der Waals surface area contributed by atoms with Gasteiger partial charge in [-0.3, -0.25) is 0 Å². The number of hydrogen-bond donors (Lipinski definition) is 8. The molecule has 0 fully saturated rings. The normalized spacial score (nSPS) is 11.4. The molecule has 0 atom stereocenters. The van der Waals surface area contributed by atoms with Crippen LogP contribution in [0.1, 0.15) is 82.9 Å². The summed E-state index contributed by atoms with van der Waals surface area (Å²) in [6, 6.07) is 22.5. The molecule has 16 heteroatoms. The lowest BCUT2D eigenvalue weighted by Crippen LogP contribution is -2.18. The molecule has 0 spiro atoms. The number of benzene rings is 9. The number of carboxylic acid groups (broad SMARTS) is 8. The van der Waals surface area contributed by atoms with Crippen molar-refractivity contribution >= 4 is 123 Å². The number of fused-ring (bicyclic) bond motifs is 2. The number of rotatable bonds is 8. The predicted octanol–water partition coefficient (Wildman–Crippen LogP) is 7.91. The summed E-state index contributed by atoms with van der Waals surface area (Å²) in [4.78, 5) is 96.3. The van der Waals surface area contributed by atoms with Crippen molar-refractivity contribution < 1.29 is 79.2 Å². The Morgan fingerprint density at radius 1 is 0.267 bits per heavy atom. The Bertz CT molecular complexity index is 3500. The molecule has 0 aliphatic heterocycles. The fourth-order valence-electron chi connectivity index (χ4n) is 8.53. The molecule has 16 nitrogen and oxygen atoms in total. The van der Waals surface area contributed by atoms with Gasteiger partial charge >= 0.3 is 47.8 Å². The molecular weight excluding hydrogens is 784 g/mol. The van der Waals surface area contributed by atoms with E-state index in [1.54, 1.807) is 48.5 Å². The minimum atomic E-state index is -1.77.